The van der Waals surface area contributed by atoms with Crippen LogP contribution in [0, 0.1) is 5.82 Å². The summed E-state index contributed by atoms with van der Waals surface area (Å²) >= 11 is 0. The zero-order valence-corrected chi connectivity index (χ0v) is 10.5. The first kappa shape index (κ1) is 14.4. The molecule has 0 atom stereocenters. The van der Waals surface area contributed by atoms with Gasteiger partial charge in [-0.05, 0) is 31.4 Å². The van der Waals surface area contributed by atoms with Gasteiger partial charge >= 0.3 is 0 Å². The molecule has 0 aliphatic heterocycles. The third-order valence-electron chi connectivity index (χ3n) is 2.78. The highest BCUT2D eigenvalue weighted by molar-refractivity contribution is 5.99. The van der Waals surface area contributed by atoms with Crippen LogP contribution in [0.2, 0.25) is 0 Å². The summed E-state index contributed by atoms with van der Waals surface area (Å²) in [6, 6.07) is 4.22. The van der Waals surface area contributed by atoms with Crippen LogP contribution in [-0.2, 0) is 0 Å². The summed E-state index contributed by atoms with van der Waals surface area (Å²) in [5.74, 6) is -0.856. The van der Waals surface area contributed by atoms with Crippen LogP contribution in [0.3, 0.4) is 0 Å². The van der Waals surface area contributed by atoms with Crippen molar-refractivity contribution in [3.05, 3.63) is 29.6 Å². The second kappa shape index (κ2) is 6.96. The zero-order valence-electron chi connectivity index (χ0n) is 10.5. The highest BCUT2D eigenvalue weighted by atomic mass is 19.1. The quantitative estimate of drug-likeness (QED) is 0.599. The molecule has 0 radical (unpaired) electrons. The maximum Gasteiger partial charge on any atom is 0.255 e. The summed E-state index contributed by atoms with van der Waals surface area (Å²) in [4.78, 5) is 13.5. The van der Waals surface area contributed by atoms with E-state index in [0.29, 0.717) is 6.54 Å². The van der Waals surface area contributed by atoms with Gasteiger partial charge in [-0.1, -0.05) is 6.07 Å². The summed E-state index contributed by atoms with van der Waals surface area (Å²) in [5.41, 5.74) is 5.63. The number of benzene rings is 1. The van der Waals surface area contributed by atoms with E-state index in [0.717, 1.165) is 19.3 Å². The van der Waals surface area contributed by atoms with Gasteiger partial charge in [-0.15, -0.1) is 0 Å². The van der Waals surface area contributed by atoms with E-state index in [9.17, 15) is 9.18 Å². The lowest BCUT2D eigenvalue weighted by Gasteiger charge is -2.18. The van der Waals surface area contributed by atoms with E-state index < -0.39 is 5.82 Å². The zero-order chi connectivity index (χ0) is 13.5. The third kappa shape index (κ3) is 3.70. The lowest BCUT2D eigenvalue weighted by molar-refractivity contribution is 0.0793. The number of halogens is 1. The Hall–Kier alpha value is -1.62. The molecule has 0 saturated heterocycles. The summed E-state index contributed by atoms with van der Waals surface area (Å²) in [6.45, 7) is 0.725. The molecule has 3 N–H and O–H groups in total. The molecule has 100 valence electrons. The average Bonchev–Trinajstić information content (AvgIpc) is 2.37. The van der Waals surface area contributed by atoms with Crippen molar-refractivity contribution in [3.63, 3.8) is 0 Å². The lowest BCUT2D eigenvalue weighted by atomic mass is 10.1. The van der Waals surface area contributed by atoms with Crippen LogP contribution >= 0.6 is 0 Å². The standard InChI is InChI=1S/C13H19FN2O2/c1-16(8-3-2-4-9-17)13(18)10-6-5-7-11(14)12(10)15/h5-7,17H,2-4,8-9,15H2,1H3. The van der Waals surface area contributed by atoms with Crippen molar-refractivity contribution in [2.45, 2.75) is 19.3 Å². The number of amides is 1. The number of hydrogen-bond acceptors (Lipinski definition) is 3. The Kier molecular flexibility index (Phi) is 5.58. The van der Waals surface area contributed by atoms with Crippen molar-refractivity contribution in [2.24, 2.45) is 0 Å². The topological polar surface area (TPSA) is 66.6 Å². The van der Waals surface area contributed by atoms with Crippen LogP contribution in [-0.4, -0.2) is 36.1 Å². The van der Waals surface area contributed by atoms with E-state index in [2.05, 4.69) is 0 Å². The minimum atomic E-state index is -0.575. The van der Waals surface area contributed by atoms with Crippen LogP contribution in [0.15, 0.2) is 18.2 Å². The second-order valence-corrected chi connectivity index (χ2v) is 4.21. The molecule has 1 aromatic carbocycles. The number of carbonyl (C=O) groups is 1. The molecule has 4 nitrogen and oxygen atoms in total. The van der Waals surface area contributed by atoms with Crippen LogP contribution in [0.1, 0.15) is 29.6 Å². The van der Waals surface area contributed by atoms with Gasteiger partial charge in [-0.2, -0.15) is 0 Å². The Bertz CT molecular complexity index is 410. The number of aliphatic hydroxyl groups is 1. The first-order chi connectivity index (χ1) is 8.57. The minimum Gasteiger partial charge on any atom is -0.396 e. The number of aliphatic hydroxyl groups excluding tert-OH is 1. The first-order valence-electron chi connectivity index (χ1n) is 5.98. The normalized spacial score (nSPS) is 10.4. The number of nitrogen functional groups attached to an aromatic ring is 1. The SMILES string of the molecule is CN(CCCCCO)C(=O)c1cccc(F)c1N. The molecule has 1 aromatic rings. The van der Waals surface area contributed by atoms with Gasteiger partial charge in [0.2, 0.25) is 0 Å². The van der Waals surface area contributed by atoms with Gasteiger partial charge in [0.1, 0.15) is 5.82 Å². The molecule has 0 saturated carbocycles. The van der Waals surface area contributed by atoms with Crippen molar-refractivity contribution in [1.82, 2.24) is 4.90 Å². The molecule has 1 rings (SSSR count). The first-order valence-corrected chi connectivity index (χ1v) is 5.98. The number of rotatable bonds is 6. The van der Waals surface area contributed by atoms with Crippen LogP contribution in [0.4, 0.5) is 10.1 Å². The van der Waals surface area contributed by atoms with Gasteiger partial charge in [-0.25, -0.2) is 4.39 Å². The Balaban J connectivity index is 2.60. The fourth-order valence-electron chi connectivity index (χ4n) is 1.67. The molecule has 0 aliphatic carbocycles. The lowest BCUT2D eigenvalue weighted by Crippen LogP contribution is -2.28. The van der Waals surface area contributed by atoms with E-state index in [1.165, 1.54) is 23.1 Å². The van der Waals surface area contributed by atoms with Crippen LogP contribution in [0.25, 0.3) is 0 Å². The number of carbonyl (C=O) groups excluding carboxylic acids is 1. The monoisotopic (exact) mass is 254 g/mol. The van der Waals surface area contributed by atoms with Crippen LogP contribution < -0.4 is 5.73 Å². The summed E-state index contributed by atoms with van der Waals surface area (Å²) in [6.07, 6.45) is 2.38. The molecule has 18 heavy (non-hydrogen) atoms. The van der Waals surface area contributed by atoms with Gasteiger partial charge in [-0.3, -0.25) is 4.79 Å². The molecule has 0 bridgehead atoms. The number of para-hydroxylation sites is 1. The fraction of sp³-hybridized carbons (Fsp3) is 0.462. The number of anilines is 1. The number of nitrogens with zero attached hydrogens (tertiary/aromatic N) is 1. The number of hydrogen-bond donors (Lipinski definition) is 2. The highest BCUT2D eigenvalue weighted by Crippen LogP contribution is 2.17. The second-order valence-electron chi connectivity index (χ2n) is 4.21. The predicted octanol–water partition coefficient (Wildman–Crippen LogP) is 1.64. The minimum absolute atomic E-state index is 0.107. The van der Waals surface area contributed by atoms with E-state index in [-0.39, 0.29) is 23.8 Å². The molecular weight excluding hydrogens is 235 g/mol. The van der Waals surface area contributed by atoms with Gasteiger partial charge < -0.3 is 15.7 Å². The number of unbranched alkanes of at least 4 members (excludes halogenated alkanes) is 2. The largest absolute Gasteiger partial charge is 0.396 e. The maximum absolute atomic E-state index is 13.2. The van der Waals surface area contributed by atoms with Crippen molar-refractivity contribution in [1.29, 1.82) is 0 Å². The van der Waals surface area contributed by atoms with Gasteiger partial charge in [0.05, 0.1) is 11.3 Å². The molecular formula is C13H19FN2O2. The molecule has 0 aliphatic rings. The number of nitrogens with two attached hydrogens (primary N) is 1. The van der Waals surface area contributed by atoms with E-state index in [1.54, 1.807) is 7.05 Å². The van der Waals surface area contributed by atoms with Crippen molar-refractivity contribution in [3.8, 4) is 0 Å². The van der Waals surface area contributed by atoms with Gasteiger partial charge in [0, 0.05) is 20.2 Å². The molecule has 0 spiro atoms. The smallest absolute Gasteiger partial charge is 0.255 e. The Morgan fingerprint density at radius 3 is 2.78 bits per heavy atom. The highest BCUT2D eigenvalue weighted by Gasteiger charge is 2.16. The van der Waals surface area contributed by atoms with E-state index in [1.807, 2.05) is 0 Å². The van der Waals surface area contributed by atoms with Crippen molar-refractivity contribution in [2.75, 3.05) is 25.9 Å². The average molecular weight is 254 g/mol. The summed E-state index contributed by atoms with van der Waals surface area (Å²) < 4.78 is 13.2. The molecule has 0 unspecified atom stereocenters. The van der Waals surface area contributed by atoms with Crippen molar-refractivity contribution < 1.29 is 14.3 Å². The van der Waals surface area contributed by atoms with E-state index >= 15 is 0 Å². The Morgan fingerprint density at radius 1 is 1.39 bits per heavy atom. The van der Waals surface area contributed by atoms with E-state index in [4.69, 9.17) is 10.8 Å². The third-order valence-corrected chi connectivity index (χ3v) is 2.78. The van der Waals surface area contributed by atoms with Gasteiger partial charge in [0.25, 0.3) is 5.91 Å². The van der Waals surface area contributed by atoms with Gasteiger partial charge in [0.15, 0.2) is 0 Å². The summed E-state index contributed by atoms with van der Waals surface area (Å²) in [7, 11) is 1.66. The Labute approximate surface area is 106 Å². The molecule has 0 heterocycles. The van der Waals surface area contributed by atoms with Crippen molar-refractivity contribution >= 4 is 11.6 Å². The summed E-state index contributed by atoms with van der Waals surface area (Å²) in [5, 5.41) is 8.65. The fourth-order valence-corrected chi connectivity index (χ4v) is 1.67. The molecule has 0 fully saturated rings. The Morgan fingerprint density at radius 2 is 2.11 bits per heavy atom. The maximum atomic E-state index is 13.2. The van der Waals surface area contributed by atoms with Crippen LogP contribution in [0.5, 0.6) is 0 Å². The molecule has 1 amide bonds. The predicted molar refractivity (Wildman–Crippen MR) is 68.7 cm³/mol. The molecule has 0 aromatic heterocycles. The molecule has 5 heteroatoms.